The van der Waals surface area contributed by atoms with Crippen LogP contribution in [0.3, 0.4) is 0 Å². The molecule has 2 aromatic carbocycles. The van der Waals surface area contributed by atoms with Crippen molar-refractivity contribution in [1.82, 2.24) is 24.4 Å². The van der Waals surface area contributed by atoms with Gasteiger partial charge in [0, 0.05) is 42.2 Å². The number of rotatable bonds is 5. The second kappa shape index (κ2) is 11.9. The zero-order valence-corrected chi connectivity index (χ0v) is 28.9. The molecule has 0 saturated carbocycles. The highest BCUT2D eigenvalue weighted by Crippen LogP contribution is 2.47. The molecule has 1 saturated heterocycles. The summed E-state index contributed by atoms with van der Waals surface area (Å²) in [5, 5.41) is 3.72. The zero-order valence-electron chi connectivity index (χ0n) is 28.1. The number of H-pyrrole nitrogens is 1. The molecule has 1 amide bonds. The largest absolute Gasteiger partial charge is 0.417 e. The van der Waals surface area contributed by atoms with Crippen LogP contribution in [0.4, 0.5) is 15.8 Å². The van der Waals surface area contributed by atoms with Crippen molar-refractivity contribution in [2.45, 2.75) is 65.5 Å². The molecule has 2 atom stereocenters. The molecule has 0 spiro atoms. The molecule has 2 unspecified atom stereocenters. The average Bonchev–Trinajstić information content (AvgIpc) is 3.45. The zero-order chi connectivity index (χ0) is 35.0. The summed E-state index contributed by atoms with van der Waals surface area (Å²) in [4.78, 5) is 55.8. The minimum absolute atomic E-state index is 0.00255. The Hall–Kier alpha value is -4.97. The van der Waals surface area contributed by atoms with E-state index in [0.717, 1.165) is 0 Å². The Bertz CT molecular complexity index is 2300. The lowest BCUT2D eigenvalue weighted by atomic mass is 9.94. The number of piperazine rings is 1. The predicted molar refractivity (Wildman–Crippen MR) is 190 cm³/mol. The fourth-order valence-electron chi connectivity index (χ4n) is 7.39. The van der Waals surface area contributed by atoms with E-state index in [1.54, 1.807) is 24.0 Å². The van der Waals surface area contributed by atoms with Gasteiger partial charge in [0.1, 0.15) is 17.8 Å². The summed E-state index contributed by atoms with van der Waals surface area (Å²) >= 11 is 7.41. The number of carbonyl (C=O) groups is 1. The smallest absolute Gasteiger partial charge is 0.407 e. The average molecular weight is 686 g/mol. The standard InChI is InChI=1S/C36H37ClFN7O4/c1-8-24(46)43-14-20-12-39-30-32(44(20)13-19(43)7)21-11-22(38)26(25-18(6)9-10-23-34(25)49-36(48)42-23)27(37)31(21)45(35(30)47)33-28(16(2)3)40-15-41-29(33)17(4)5/h8-11,15-17,19-20,39H,1,12-14H2,2-7H3,(H,42,48). The molecular weight excluding hydrogens is 649 g/mol. The van der Waals surface area contributed by atoms with Crippen molar-refractivity contribution in [2.75, 3.05) is 29.9 Å². The number of anilines is 2. The molecule has 49 heavy (non-hydrogen) atoms. The van der Waals surface area contributed by atoms with Gasteiger partial charge in [-0.15, -0.1) is 0 Å². The first-order chi connectivity index (χ1) is 23.3. The number of halogens is 2. The molecule has 2 N–H and O–H groups in total. The number of pyridine rings is 1. The van der Waals surface area contributed by atoms with Crippen LogP contribution in [0.15, 0.2) is 51.2 Å². The van der Waals surface area contributed by atoms with E-state index in [9.17, 15) is 9.59 Å². The summed E-state index contributed by atoms with van der Waals surface area (Å²) < 4.78 is 23.9. The molecule has 5 aromatic rings. The maximum absolute atomic E-state index is 16.9. The third-order valence-electron chi connectivity index (χ3n) is 9.67. The molecule has 0 aliphatic carbocycles. The number of carbonyl (C=O) groups excluding carboxylic acids is 1. The van der Waals surface area contributed by atoms with Gasteiger partial charge in [0.25, 0.3) is 5.56 Å². The van der Waals surface area contributed by atoms with Gasteiger partial charge in [-0.1, -0.05) is 51.9 Å². The first-order valence-electron chi connectivity index (χ1n) is 16.4. The van der Waals surface area contributed by atoms with Crippen LogP contribution in [0.1, 0.15) is 63.4 Å². The highest BCUT2D eigenvalue weighted by atomic mass is 35.5. The Labute approximate surface area is 286 Å². The van der Waals surface area contributed by atoms with Crippen molar-refractivity contribution >= 4 is 50.9 Å². The fraction of sp³-hybridized carbons (Fsp3) is 0.361. The number of nitrogens with zero attached hydrogens (tertiary/aromatic N) is 5. The summed E-state index contributed by atoms with van der Waals surface area (Å²) in [6, 6.07) is 4.41. The number of nitrogens with one attached hydrogen (secondary N) is 2. The lowest BCUT2D eigenvalue weighted by molar-refractivity contribution is -0.128. The minimum Gasteiger partial charge on any atom is -0.407 e. The first kappa shape index (κ1) is 32.6. The first-order valence-corrected chi connectivity index (χ1v) is 16.7. The molecule has 7 rings (SSSR count). The van der Waals surface area contributed by atoms with E-state index >= 15 is 9.18 Å². The van der Waals surface area contributed by atoms with Crippen LogP contribution >= 0.6 is 11.6 Å². The van der Waals surface area contributed by atoms with Gasteiger partial charge in [0.15, 0.2) is 5.58 Å². The minimum atomic E-state index is -0.685. The number of aromatic amines is 1. The van der Waals surface area contributed by atoms with Crippen molar-refractivity contribution in [3.05, 3.63) is 85.9 Å². The summed E-state index contributed by atoms with van der Waals surface area (Å²) in [6.45, 7) is 16.5. The Morgan fingerprint density at radius 1 is 1.10 bits per heavy atom. The van der Waals surface area contributed by atoms with Crippen LogP contribution in [0.25, 0.3) is 38.8 Å². The quantitative estimate of drug-likeness (QED) is 0.208. The summed E-state index contributed by atoms with van der Waals surface area (Å²) in [6.07, 6.45) is 2.80. The van der Waals surface area contributed by atoms with Crippen molar-refractivity contribution in [2.24, 2.45) is 0 Å². The van der Waals surface area contributed by atoms with E-state index in [2.05, 4.69) is 31.7 Å². The highest BCUT2D eigenvalue weighted by Gasteiger charge is 2.40. The molecule has 3 aromatic heterocycles. The number of amides is 1. The Kier molecular flexibility index (Phi) is 7.89. The number of oxazole rings is 1. The van der Waals surface area contributed by atoms with Crippen molar-refractivity contribution < 1.29 is 13.6 Å². The number of hydrogen-bond acceptors (Lipinski definition) is 8. The van der Waals surface area contributed by atoms with E-state index in [4.69, 9.17) is 16.0 Å². The monoisotopic (exact) mass is 685 g/mol. The van der Waals surface area contributed by atoms with Crippen molar-refractivity contribution in [3.63, 3.8) is 0 Å². The van der Waals surface area contributed by atoms with E-state index in [0.29, 0.717) is 70.1 Å². The Morgan fingerprint density at radius 2 is 1.80 bits per heavy atom. The molecule has 2 aliphatic heterocycles. The topological polar surface area (TPSA) is 129 Å². The third kappa shape index (κ3) is 4.95. The number of aryl methyl sites for hydroxylation is 1. The highest BCUT2D eigenvalue weighted by molar-refractivity contribution is 6.39. The lowest BCUT2D eigenvalue weighted by Crippen LogP contribution is -2.62. The van der Waals surface area contributed by atoms with E-state index < -0.39 is 11.6 Å². The van der Waals surface area contributed by atoms with E-state index in [-0.39, 0.29) is 57.1 Å². The van der Waals surface area contributed by atoms with Crippen LogP contribution in [0, 0.1) is 12.7 Å². The normalized spacial score (nSPS) is 17.5. The molecule has 5 heterocycles. The molecule has 2 aliphatic rings. The third-order valence-corrected chi connectivity index (χ3v) is 10.0. The number of benzene rings is 2. The van der Waals surface area contributed by atoms with Gasteiger partial charge in [-0.05, 0) is 49.5 Å². The van der Waals surface area contributed by atoms with Gasteiger partial charge >= 0.3 is 5.76 Å². The number of hydrogen-bond donors (Lipinski definition) is 2. The predicted octanol–water partition coefficient (Wildman–Crippen LogP) is 6.25. The summed E-state index contributed by atoms with van der Waals surface area (Å²) in [7, 11) is 0. The molecular formula is C36H37ClFN7O4. The van der Waals surface area contributed by atoms with Gasteiger partial charge < -0.3 is 19.5 Å². The molecule has 11 nitrogen and oxygen atoms in total. The van der Waals surface area contributed by atoms with E-state index in [1.807, 2.05) is 34.6 Å². The van der Waals surface area contributed by atoms with Gasteiger partial charge in [-0.2, -0.15) is 0 Å². The number of aromatic nitrogens is 4. The second-order valence-electron chi connectivity index (χ2n) is 13.5. The Morgan fingerprint density at radius 3 is 2.45 bits per heavy atom. The molecule has 0 radical (unpaired) electrons. The van der Waals surface area contributed by atoms with Gasteiger partial charge in [-0.3, -0.25) is 19.1 Å². The van der Waals surface area contributed by atoms with Gasteiger partial charge in [0.05, 0.1) is 44.9 Å². The lowest BCUT2D eigenvalue weighted by Gasteiger charge is -2.49. The molecule has 254 valence electrons. The second-order valence-corrected chi connectivity index (χ2v) is 13.9. The molecule has 13 heteroatoms. The summed E-state index contributed by atoms with van der Waals surface area (Å²) in [5.41, 5.74) is 3.92. The summed E-state index contributed by atoms with van der Waals surface area (Å²) in [5.74, 6) is -1.73. The fourth-order valence-corrected chi connectivity index (χ4v) is 7.76. The Balaban J connectivity index is 1.64. The number of fused-ring (bicyclic) bond motifs is 6. The van der Waals surface area contributed by atoms with Crippen LogP contribution in [0.5, 0.6) is 0 Å². The van der Waals surface area contributed by atoms with Crippen molar-refractivity contribution in [1.29, 1.82) is 0 Å². The van der Waals surface area contributed by atoms with Gasteiger partial charge in [-0.25, -0.2) is 19.2 Å². The SMILES string of the molecule is C=CC(=O)N1CC2CNc3c(c4cc(F)c(-c5c(C)ccc6[nH]c(=O)oc56)c(Cl)c4n(-c4c(C(C)C)ncnc4C(C)C)c3=O)N2CC1C. The van der Waals surface area contributed by atoms with Crippen LogP contribution in [-0.4, -0.2) is 62.0 Å². The maximum atomic E-state index is 16.9. The van der Waals surface area contributed by atoms with Crippen LogP contribution in [0.2, 0.25) is 5.02 Å². The van der Waals surface area contributed by atoms with Crippen LogP contribution < -0.4 is 21.5 Å². The van der Waals surface area contributed by atoms with Crippen molar-refractivity contribution in [3.8, 4) is 16.8 Å². The van der Waals surface area contributed by atoms with E-state index in [1.165, 1.54) is 23.0 Å². The molecule has 0 bridgehead atoms. The van der Waals surface area contributed by atoms with Crippen LogP contribution in [-0.2, 0) is 4.79 Å². The maximum Gasteiger partial charge on any atom is 0.417 e. The van der Waals surface area contributed by atoms with Gasteiger partial charge in [0.2, 0.25) is 5.91 Å². The molecule has 1 fully saturated rings.